The van der Waals surface area contributed by atoms with Crippen molar-refractivity contribution in [2.45, 2.75) is 58.4 Å². The average Bonchev–Trinajstić information content (AvgIpc) is 2.14. The van der Waals surface area contributed by atoms with Crippen LogP contribution in [-0.4, -0.2) is 13.4 Å². The van der Waals surface area contributed by atoms with E-state index in [2.05, 4.69) is 33.9 Å². The molecule has 0 aliphatic carbocycles. The Hall–Kier alpha value is -0.803. The Bertz CT molecular complexity index is 411. The van der Waals surface area contributed by atoms with Gasteiger partial charge in [-0.1, -0.05) is 39.0 Å². The molecule has 1 rings (SSSR count). The highest BCUT2D eigenvalue weighted by atomic mass is 28.4. The molecule has 2 nitrogen and oxygen atoms in total. The van der Waals surface area contributed by atoms with Crippen LogP contribution in [0.5, 0.6) is 5.75 Å². The molecule has 0 fully saturated rings. The second-order valence-corrected chi connectivity index (χ2v) is 11.6. The van der Waals surface area contributed by atoms with E-state index in [0.717, 1.165) is 11.3 Å². The van der Waals surface area contributed by atoms with Gasteiger partial charge in [0.05, 0.1) is 5.60 Å². The lowest BCUT2D eigenvalue weighted by Crippen LogP contribution is -2.44. The van der Waals surface area contributed by atoms with Crippen LogP contribution in [0.4, 0.5) is 0 Å². The van der Waals surface area contributed by atoms with Crippen LogP contribution in [0, 0.1) is 0 Å². The van der Waals surface area contributed by atoms with Gasteiger partial charge in [-0.15, -0.1) is 0 Å². The van der Waals surface area contributed by atoms with Crippen molar-refractivity contribution in [2.24, 2.45) is 0 Å². The summed E-state index contributed by atoms with van der Waals surface area (Å²) in [5.74, 6) is 0.816. The summed E-state index contributed by atoms with van der Waals surface area (Å²) in [7, 11) is -1.87. The Morgan fingerprint density at radius 3 is 1.94 bits per heavy atom. The summed E-state index contributed by atoms with van der Waals surface area (Å²) in [5, 5.41) is 10.4. The zero-order chi connectivity index (χ0) is 14.2. The maximum Gasteiger partial charge on any atom is 0.250 e. The largest absolute Gasteiger partial charge is 0.543 e. The first kappa shape index (κ1) is 15.3. The van der Waals surface area contributed by atoms with Crippen molar-refractivity contribution >= 4 is 8.32 Å². The molecule has 0 atom stereocenters. The first-order valence-electron chi connectivity index (χ1n) is 6.46. The second kappa shape index (κ2) is 4.70. The van der Waals surface area contributed by atoms with Gasteiger partial charge < -0.3 is 9.53 Å². The lowest BCUT2D eigenvalue weighted by molar-refractivity contribution is 0.0766. The van der Waals surface area contributed by atoms with E-state index in [9.17, 15) is 5.11 Å². The van der Waals surface area contributed by atoms with Crippen LogP contribution >= 0.6 is 0 Å². The van der Waals surface area contributed by atoms with Crippen LogP contribution < -0.4 is 4.43 Å². The number of hydrogen-bond donors (Lipinski definition) is 1. The van der Waals surface area contributed by atoms with Crippen molar-refractivity contribution in [3.8, 4) is 5.75 Å². The minimum atomic E-state index is -1.87. The van der Waals surface area contributed by atoms with Crippen molar-refractivity contribution in [2.75, 3.05) is 0 Å². The highest BCUT2D eigenvalue weighted by molar-refractivity contribution is 6.74. The standard InChI is InChI=1S/C15H26O2Si/c1-14(2,3)18(6,7)17-13-11-9-8-10-12(13)15(4,5)16/h8-11,16H,1-7H3. The predicted octanol–water partition coefficient (Wildman–Crippen LogP) is 4.30. The predicted molar refractivity (Wildman–Crippen MR) is 79.5 cm³/mol. The van der Waals surface area contributed by atoms with Crippen LogP contribution in [-0.2, 0) is 5.60 Å². The van der Waals surface area contributed by atoms with Crippen molar-refractivity contribution in [3.63, 3.8) is 0 Å². The minimum Gasteiger partial charge on any atom is -0.543 e. The third-order valence-electron chi connectivity index (χ3n) is 3.72. The SMILES string of the molecule is CC(C)(O)c1ccccc1O[Si](C)(C)C(C)(C)C. The molecule has 1 N–H and O–H groups in total. The van der Waals surface area contributed by atoms with Crippen LogP contribution in [0.2, 0.25) is 18.1 Å². The lowest BCUT2D eigenvalue weighted by atomic mass is 9.98. The molecule has 0 amide bonds. The Morgan fingerprint density at radius 1 is 1.00 bits per heavy atom. The van der Waals surface area contributed by atoms with Gasteiger partial charge in [-0.25, -0.2) is 0 Å². The fourth-order valence-electron chi connectivity index (χ4n) is 1.49. The summed E-state index contributed by atoms with van der Waals surface area (Å²) in [4.78, 5) is 0. The molecule has 0 unspecified atom stereocenters. The van der Waals surface area contributed by atoms with Crippen LogP contribution in [0.1, 0.15) is 40.2 Å². The molecule has 0 aliphatic heterocycles. The normalized spacial score (nSPS) is 13.6. The lowest BCUT2D eigenvalue weighted by Gasteiger charge is -2.37. The number of aliphatic hydroxyl groups is 1. The molecule has 0 radical (unpaired) electrons. The van der Waals surface area contributed by atoms with Gasteiger partial charge in [-0.3, -0.25) is 0 Å². The molecule has 1 aromatic rings. The van der Waals surface area contributed by atoms with Crippen LogP contribution in [0.25, 0.3) is 0 Å². The van der Waals surface area contributed by atoms with Crippen molar-refractivity contribution in [1.29, 1.82) is 0 Å². The van der Waals surface area contributed by atoms with Gasteiger partial charge in [0.2, 0.25) is 8.32 Å². The molecule has 0 saturated carbocycles. The summed E-state index contributed by atoms with van der Waals surface area (Å²) in [6.07, 6.45) is 0. The quantitative estimate of drug-likeness (QED) is 0.827. The molecule has 0 aliphatic rings. The Balaban J connectivity index is 3.14. The van der Waals surface area contributed by atoms with Gasteiger partial charge in [0.1, 0.15) is 5.75 Å². The Morgan fingerprint density at radius 2 is 1.50 bits per heavy atom. The smallest absolute Gasteiger partial charge is 0.250 e. The van der Waals surface area contributed by atoms with Crippen molar-refractivity contribution in [3.05, 3.63) is 29.8 Å². The second-order valence-electron chi connectivity index (χ2n) is 6.92. The number of benzene rings is 1. The number of hydrogen-bond acceptors (Lipinski definition) is 2. The average molecular weight is 266 g/mol. The first-order valence-corrected chi connectivity index (χ1v) is 9.37. The van der Waals surface area contributed by atoms with Gasteiger partial charge in [-0.05, 0) is 38.0 Å². The van der Waals surface area contributed by atoms with E-state index in [1.807, 2.05) is 24.3 Å². The summed E-state index contributed by atoms with van der Waals surface area (Å²) in [5.41, 5.74) is -0.0197. The molecule has 102 valence electrons. The van der Waals surface area contributed by atoms with E-state index < -0.39 is 13.9 Å². The van der Waals surface area contributed by atoms with Crippen molar-refractivity contribution < 1.29 is 9.53 Å². The molecule has 0 spiro atoms. The third kappa shape index (κ3) is 3.36. The topological polar surface area (TPSA) is 29.5 Å². The molecule has 1 aromatic carbocycles. The van der Waals surface area contributed by atoms with E-state index in [-0.39, 0.29) is 5.04 Å². The van der Waals surface area contributed by atoms with Gasteiger partial charge >= 0.3 is 0 Å². The molecular formula is C15H26O2Si. The van der Waals surface area contributed by atoms with Crippen LogP contribution in [0.3, 0.4) is 0 Å². The Kier molecular flexibility index (Phi) is 3.99. The van der Waals surface area contributed by atoms with E-state index in [1.165, 1.54) is 0 Å². The van der Waals surface area contributed by atoms with E-state index >= 15 is 0 Å². The zero-order valence-corrected chi connectivity index (χ0v) is 13.7. The summed E-state index contributed by atoms with van der Waals surface area (Å²) in [6.45, 7) is 14.7. The summed E-state index contributed by atoms with van der Waals surface area (Å²) >= 11 is 0. The fraction of sp³-hybridized carbons (Fsp3) is 0.600. The van der Waals surface area contributed by atoms with Gasteiger partial charge in [0, 0.05) is 5.56 Å². The highest BCUT2D eigenvalue weighted by Gasteiger charge is 2.39. The molecule has 0 aromatic heterocycles. The van der Waals surface area contributed by atoms with Crippen LogP contribution in [0.15, 0.2) is 24.3 Å². The van der Waals surface area contributed by atoms with E-state index in [4.69, 9.17) is 4.43 Å². The Labute approximate surface area is 112 Å². The zero-order valence-electron chi connectivity index (χ0n) is 12.7. The molecule has 0 bridgehead atoms. The fourth-order valence-corrected chi connectivity index (χ4v) is 2.52. The molecule has 0 saturated heterocycles. The summed E-state index contributed by atoms with van der Waals surface area (Å²) < 4.78 is 6.30. The maximum atomic E-state index is 10.2. The number of para-hydroxylation sites is 1. The van der Waals surface area contributed by atoms with Gasteiger partial charge in [0.15, 0.2) is 0 Å². The van der Waals surface area contributed by atoms with Gasteiger partial charge in [-0.2, -0.15) is 0 Å². The third-order valence-corrected chi connectivity index (χ3v) is 8.06. The molecular weight excluding hydrogens is 240 g/mol. The maximum absolute atomic E-state index is 10.2. The molecule has 0 heterocycles. The van der Waals surface area contributed by atoms with E-state index in [1.54, 1.807) is 13.8 Å². The highest BCUT2D eigenvalue weighted by Crippen LogP contribution is 2.39. The molecule has 3 heteroatoms. The molecule has 18 heavy (non-hydrogen) atoms. The van der Waals surface area contributed by atoms with E-state index in [0.29, 0.717) is 0 Å². The van der Waals surface area contributed by atoms with Gasteiger partial charge in [0.25, 0.3) is 0 Å². The summed E-state index contributed by atoms with van der Waals surface area (Å²) in [6, 6.07) is 7.78. The number of rotatable bonds is 3. The minimum absolute atomic E-state index is 0.152. The first-order chi connectivity index (χ1) is 7.95. The monoisotopic (exact) mass is 266 g/mol. The van der Waals surface area contributed by atoms with Crippen molar-refractivity contribution in [1.82, 2.24) is 0 Å².